The number of rotatable bonds is 8. The molecule has 2 atom stereocenters. The third-order valence-electron chi connectivity index (χ3n) is 4.78. The minimum atomic E-state index is 0.182. The van der Waals surface area contributed by atoms with Gasteiger partial charge in [0.2, 0.25) is 0 Å². The fourth-order valence-corrected chi connectivity index (χ4v) is 2.96. The average Bonchev–Trinajstić information content (AvgIpc) is 2.62. The van der Waals surface area contributed by atoms with Gasteiger partial charge in [-0.05, 0) is 37.0 Å². The van der Waals surface area contributed by atoms with Gasteiger partial charge in [0, 0.05) is 31.6 Å². The molecule has 0 aliphatic rings. The van der Waals surface area contributed by atoms with E-state index in [-0.39, 0.29) is 12.0 Å². The standard InChI is InChI=1S/C20H30N4/c1-15-3-9-19(10-4-15)20(14-22)16(2)24(23)12-11-17-5-7-18(13-21)8-6-17/h3-10,16,20H,11-14,21-23H2,1-2H3/t16-,20-/m1/s1. The average molecular weight is 326 g/mol. The Morgan fingerprint density at radius 1 is 0.917 bits per heavy atom. The molecule has 0 saturated carbocycles. The van der Waals surface area contributed by atoms with Crippen LogP contribution in [-0.2, 0) is 13.0 Å². The lowest BCUT2D eigenvalue weighted by Gasteiger charge is -2.31. The van der Waals surface area contributed by atoms with Crippen molar-refractivity contribution in [2.75, 3.05) is 13.1 Å². The molecule has 0 aliphatic heterocycles. The molecule has 0 aliphatic carbocycles. The van der Waals surface area contributed by atoms with Gasteiger partial charge in [-0.1, -0.05) is 54.1 Å². The Hall–Kier alpha value is -1.72. The van der Waals surface area contributed by atoms with Crippen molar-refractivity contribution in [1.82, 2.24) is 5.01 Å². The van der Waals surface area contributed by atoms with Crippen molar-refractivity contribution in [3.63, 3.8) is 0 Å². The number of nitrogens with two attached hydrogens (primary N) is 3. The first kappa shape index (κ1) is 18.6. The van der Waals surface area contributed by atoms with E-state index in [1.165, 1.54) is 16.7 Å². The maximum Gasteiger partial charge on any atom is 0.0293 e. The first-order valence-electron chi connectivity index (χ1n) is 8.61. The van der Waals surface area contributed by atoms with Crippen molar-refractivity contribution in [3.05, 3.63) is 70.8 Å². The predicted molar refractivity (Wildman–Crippen MR) is 101 cm³/mol. The van der Waals surface area contributed by atoms with Gasteiger partial charge in [-0.25, -0.2) is 5.01 Å². The predicted octanol–water partition coefficient (Wildman–Crippen LogP) is 2.30. The summed E-state index contributed by atoms with van der Waals surface area (Å²) in [6, 6.07) is 17.2. The van der Waals surface area contributed by atoms with Gasteiger partial charge in [0.25, 0.3) is 0 Å². The second kappa shape index (κ2) is 8.94. The summed E-state index contributed by atoms with van der Waals surface area (Å²) in [6.07, 6.45) is 0.914. The molecule has 0 aromatic heterocycles. The summed E-state index contributed by atoms with van der Waals surface area (Å²) in [5.41, 5.74) is 16.6. The summed E-state index contributed by atoms with van der Waals surface area (Å²) < 4.78 is 0. The Labute approximate surface area is 145 Å². The van der Waals surface area contributed by atoms with Gasteiger partial charge in [-0.15, -0.1) is 0 Å². The molecule has 0 saturated heterocycles. The summed E-state index contributed by atoms with van der Waals surface area (Å²) in [6.45, 7) is 6.20. The molecule has 2 rings (SSSR count). The van der Waals surface area contributed by atoms with Crippen molar-refractivity contribution in [1.29, 1.82) is 0 Å². The molecule has 2 aromatic carbocycles. The van der Waals surface area contributed by atoms with Crippen molar-refractivity contribution >= 4 is 0 Å². The molecule has 0 unspecified atom stereocenters. The highest BCUT2D eigenvalue weighted by Gasteiger charge is 2.22. The highest BCUT2D eigenvalue weighted by Crippen LogP contribution is 2.22. The summed E-state index contributed by atoms with van der Waals surface area (Å²) in [5, 5.41) is 1.91. The Bertz CT molecular complexity index is 607. The molecule has 4 nitrogen and oxygen atoms in total. The monoisotopic (exact) mass is 326 g/mol. The van der Waals surface area contributed by atoms with Gasteiger partial charge >= 0.3 is 0 Å². The van der Waals surface area contributed by atoms with Crippen LogP contribution in [0.15, 0.2) is 48.5 Å². The quantitative estimate of drug-likeness (QED) is 0.513. The molecule has 0 spiro atoms. The van der Waals surface area contributed by atoms with Crippen LogP contribution in [0.3, 0.4) is 0 Å². The van der Waals surface area contributed by atoms with E-state index in [1.807, 2.05) is 5.01 Å². The smallest absolute Gasteiger partial charge is 0.0293 e. The van der Waals surface area contributed by atoms with E-state index >= 15 is 0 Å². The third kappa shape index (κ3) is 4.89. The molecular weight excluding hydrogens is 296 g/mol. The van der Waals surface area contributed by atoms with E-state index in [0.717, 1.165) is 18.5 Å². The number of hydrogen-bond donors (Lipinski definition) is 3. The zero-order valence-corrected chi connectivity index (χ0v) is 14.8. The molecule has 2 aromatic rings. The van der Waals surface area contributed by atoms with Gasteiger partial charge in [0.05, 0.1) is 0 Å². The maximum atomic E-state index is 6.32. The van der Waals surface area contributed by atoms with Crippen LogP contribution in [-0.4, -0.2) is 24.1 Å². The zero-order valence-electron chi connectivity index (χ0n) is 14.8. The lowest BCUT2D eigenvalue weighted by Crippen LogP contribution is -2.45. The van der Waals surface area contributed by atoms with Crippen LogP contribution >= 0.6 is 0 Å². The Morgan fingerprint density at radius 2 is 1.50 bits per heavy atom. The minimum Gasteiger partial charge on any atom is -0.330 e. The minimum absolute atomic E-state index is 0.182. The normalized spacial score (nSPS) is 13.9. The van der Waals surface area contributed by atoms with E-state index in [1.54, 1.807) is 0 Å². The molecule has 0 radical (unpaired) electrons. The van der Waals surface area contributed by atoms with Crippen LogP contribution in [0.25, 0.3) is 0 Å². The summed E-state index contributed by atoms with van der Waals surface area (Å²) in [5.74, 6) is 6.55. The van der Waals surface area contributed by atoms with Gasteiger partial charge in [-0.3, -0.25) is 5.84 Å². The first-order chi connectivity index (χ1) is 11.5. The lowest BCUT2D eigenvalue weighted by molar-refractivity contribution is 0.190. The number of nitrogens with zero attached hydrogens (tertiary/aromatic N) is 1. The van der Waals surface area contributed by atoms with Crippen LogP contribution in [0.2, 0.25) is 0 Å². The molecule has 0 fully saturated rings. The van der Waals surface area contributed by atoms with E-state index in [0.29, 0.717) is 13.1 Å². The number of benzene rings is 2. The van der Waals surface area contributed by atoms with Crippen LogP contribution in [0.1, 0.15) is 35.1 Å². The van der Waals surface area contributed by atoms with Crippen LogP contribution < -0.4 is 17.3 Å². The fourth-order valence-electron chi connectivity index (χ4n) is 2.96. The zero-order chi connectivity index (χ0) is 17.5. The van der Waals surface area contributed by atoms with Crippen molar-refractivity contribution in [3.8, 4) is 0 Å². The number of hydrogen-bond acceptors (Lipinski definition) is 4. The van der Waals surface area contributed by atoms with Gasteiger partial charge in [0.1, 0.15) is 0 Å². The highest BCUT2D eigenvalue weighted by atomic mass is 15.4. The maximum absolute atomic E-state index is 6.32. The second-order valence-electron chi connectivity index (χ2n) is 6.50. The Kier molecular flexibility index (Phi) is 6.94. The largest absolute Gasteiger partial charge is 0.330 e. The third-order valence-corrected chi connectivity index (χ3v) is 4.78. The molecule has 0 heterocycles. The van der Waals surface area contributed by atoms with Crippen molar-refractivity contribution in [2.24, 2.45) is 17.3 Å². The van der Waals surface area contributed by atoms with E-state index in [4.69, 9.17) is 17.3 Å². The van der Waals surface area contributed by atoms with E-state index in [2.05, 4.69) is 62.4 Å². The van der Waals surface area contributed by atoms with Gasteiger partial charge in [-0.2, -0.15) is 0 Å². The number of aryl methyl sites for hydroxylation is 1. The summed E-state index contributed by atoms with van der Waals surface area (Å²) in [4.78, 5) is 0. The first-order valence-corrected chi connectivity index (χ1v) is 8.61. The Balaban J connectivity index is 1.96. The van der Waals surface area contributed by atoms with E-state index in [9.17, 15) is 0 Å². The molecule has 6 N–H and O–H groups in total. The van der Waals surface area contributed by atoms with Crippen LogP contribution in [0, 0.1) is 6.92 Å². The van der Waals surface area contributed by atoms with Gasteiger partial charge < -0.3 is 11.5 Å². The summed E-state index contributed by atoms with van der Waals surface area (Å²) >= 11 is 0. The van der Waals surface area contributed by atoms with Crippen LogP contribution in [0.4, 0.5) is 0 Å². The second-order valence-corrected chi connectivity index (χ2v) is 6.50. The van der Waals surface area contributed by atoms with Crippen molar-refractivity contribution in [2.45, 2.75) is 38.8 Å². The summed E-state index contributed by atoms with van der Waals surface area (Å²) in [7, 11) is 0. The van der Waals surface area contributed by atoms with Crippen LogP contribution in [0.5, 0.6) is 0 Å². The molecule has 0 amide bonds. The molecule has 4 heteroatoms. The Morgan fingerprint density at radius 3 is 2.04 bits per heavy atom. The number of hydrazine groups is 1. The van der Waals surface area contributed by atoms with Crippen molar-refractivity contribution < 1.29 is 0 Å². The molecule has 0 bridgehead atoms. The fraction of sp³-hybridized carbons (Fsp3) is 0.400. The molecular formula is C20H30N4. The lowest BCUT2D eigenvalue weighted by atomic mass is 9.91. The van der Waals surface area contributed by atoms with E-state index < -0.39 is 0 Å². The SMILES string of the molecule is Cc1ccc([C@H](CN)[C@@H](C)N(N)CCc2ccc(CN)cc2)cc1. The molecule has 24 heavy (non-hydrogen) atoms. The highest BCUT2D eigenvalue weighted by molar-refractivity contribution is 5.26. The van der Waals surface area contributed by atoms with Gasteiger partial charge in [0.15, 0.2) is 0 Å². The molecule has 130 valence electrons. The topological polar surface area (TPSA) is 81.3 Å².